The first kappa shape index (κ1) is 16.2. The van der Waals surface area contributed by atoms with Gasteiger partial charge in [-0.25, -0.2) is 0 Å². The van der Waals surface area contributed by atoms with Crippen LogP contribution in [0.3, 0.4) is 0 Å². The summed E-state index contributed by atoms with van der Waals surface area (Å²) in [5.41, 5.74) is 0. The summed E-state index contributed by atoms with van der Waals surface area (Å²) in [6, 6.07) is 0. The van der Waals surface area contributed by atoms with Crippen LogP contribution < -0.4 is 5.11 Å². The zero-order chi connectivity index (χ0) is 10.6. The Balaban J connectivity index is 0. The van der Waals surface area contributed by atoms with Crippen LogP contribution in [0.25, 0.3) is 0 Å². The van der Waals surface area contributed by atoms with Crippen LogP contribution >= 0.6 is 0 Å². The smallest absolute Gasteiger partial charge is 0.547 e. The van der Waals surface area contributed by atoms with Gasteiger partial charge in [-0.15, -0.1) is 0 Å². The topological polar surface area (TPSA) is 141 Å². The van der Waals surface area contributed by atoms with E-state index in [0.29, 0.717) is 0 Å². The van der Waals surface area contributed by atoms with Crippen molar-refractivity contribution in [1.82, 2.24) is 0 Å². The van der Waals surface area contributed by atoms with E-state index >= 15 is 0 Å². The number of carboxylic acid groups (broad SMARTS) is 1. The molecule has 0 saturated carbocycles. The van der Waals surface area contributed by atoms with Crippen molar-refractivity contribution in [2.24, 2.45) is 0 Å². The van der Waals surface area contributed by atoms with E-state index in [4.69, 9.17) is 25.5 Å². The van der Waals surface area contributed by atoms with Crippen molar-refractivity contribution in [2.75, 3.05) is 6.61 Å². The summed E-state index contributed by atoms with van der Waals surface area (Å²) in [6.45, 7) is -0.863. The monoisotopic (exact) mass is 258 g/mol. The van der Waals surface area contributed by atoms with E-state index in [1.807, 2.05) is 0 Å². The number of aliphatic carboxylic acids is 1. The second-order valence-electron chi connectivity index (χ2n) is 2.49. The Bertz CT molecular complexity index is 176. The van der Waals surface area contributed by atoms with Crippen LogP contribution in [0, 0.1) is 0 Å². The van der Waals surface area contributed by atoms with Gasteiger partial charge in [0.25, 0.3) is 0 Å². The van der Waals surface area contributed by atoms with Crippen LogP contribution in [0.15, 0.2) is 0 Å². The molecule has 0 bridgehead atoms. The maximum Gasteiger partial charge on any atom is 2.00 e. The fourth-order valence-corrected chi connectivity index (χ4v) is 0.662. The first-order valence-electron chi connectivity index (χ1n) is 3.45. The molecule has 0 unspecified atom stereocenters. The van der Waals surface area contributed by atoms with Crippen LogP contribution in [-0.4, -0.2) is 62.5 Å². The third-order valence-electron chi connectivity index (χ3n) is 1.50. The molecule has 0 aromatic carbocycles. The number of carbonyl (C=O) groups excluding carboxylic acids is 1. The molecule has 0 aromatic rings. The van der Waals surface area contributed by atoms with Crippen LogP contribution in [0.1, 0.15) is 0 Å². The Morgan fingerprint density at radius 2 is 1.57 bits per heavy atom. The number of aliphatic hydroxyl groups is 5. The second-order valence-corrected chi connectivity index (χ2v) is 2.49. The van der Waals surface area contributed by atoms with Crippen molar-refractivity contribution in [3.05, 3.63) is 0 Å². The van der Waals surface area contributed by atoms with Gasteiger partial charge in [-0.2, -0.15) is 0 Å². The maximum atomic E-state index is 9.98. The summed E-state index contributed by atoms with van der Waals surface area (Å²) in [5, 5.41) is 53.4. The van der Waals surface area contributed by atoms with Gasteiger partial charge >= 0.3 is 17.1 Å². The Morgan fingerprint density at radius 1 is 1.14 bits per heavy atom. The Kier molecular flexibility index (Phi) is 8.27. The summed E-state index contributed by atoms with van der Waals surface area (Å²) >= 11 is 0. The first-order valence-corrected chi connectivity index (χ1v) is 3.45. The zero-order valence-corrected chi connectivity index (χ0v) is 7.81. The van der Waals surface area contributed by atoms with E-state index in [-0.39, 0.29) is 17.1 Å². The van der Waals surface area contributed by atoms with Crippen molar-refractivity contribution in [1.29, 1.82) is 0 Å². The van der Waals surface area contributed by atoms with Crippen molar-refractivity contribution in [3.63, 3.8) is 0 Å². The number of aliphatic hydroxyl groups excluding tert-OH is 5. The molecule has 0 heterocycles. The molecule has 5 N–H and O–H groups in total. The number of hydrogen-bond donors (Lipinski definition) is 5. The molecule has 0 amide bonds. The van der Waals surface area contributed by atoms with Crippen LogP contribution in [-0.2, 0) is 21.9 Å². The van der Waals surface area contributed by atoms with E-state index in [0.717, 1.165) is 0 Å². The zero-order valence-electron chi connectivity index (χ0n) is 6.87. The van der Waals surface area contributed by atoms with Crippen molar-refractivity contribution >= 4 is 5.97 Å². The van der Waals surface area contributed by atoms with Crippen LogP contribution in [0.5, 0.6) is 0 Å². The molecule has 0 spiro atoms. The van der Waals surface area contributed by atoms with Gasteiger partial charge in [0.15, 0.2) is 0 Å². The molecule has 0 aliphatic heterocycles. The summed E-state index contributed by atoms with van der Waals surface area (Å²) in [7, 11) is 0. The molecule has 0 aliphatic rings. The van der Waals surface area contributed by atoms with E-state index in [1.54, 1.807) is 0 Å². The summed E-state index contributed by atoms with van der Waals surface area (Å²) in [4.78, 5) is 9.98. The minimum absolute atomic E-state index is 0. The van der Waals surface area contributed by atoms with Gasteiger partial charge in [0, 0.05) is 0 Å². The fourth-order valence-electron chi connectivity index (χ4n) is 0.662. The SMILES string of the molecule is O=C([O-])[C@H](O)[C@@H](O)[C@H](O)[C@H](O)CO.[Cu+2]. The van der Waals surface area contributed by atoms with Crippen LogP contribution in [0.4, 0.5) is 0 Å². The second kappa shape index (κ2) is 7.13. The van der Waals surface area contributed by atoms with E-state index in [2.05, 4.69) is 0 Å². The molecule has 4 atom stereocenters. The van der Waals surface area contributed by atoms with Crippen molar-refractivity contribution < 1.29 is 52.5 Å². The predicted molar refractivity (Wildman–Crippen MR) is 36.1 cm³/mol. The molecule has 0 rings (SSSR count). The molecule has 87 valence electrons. The summed E-state index contributed by atoms with van der Waals surface area (Å²) in [5.74, 6) is -1.98. The standard InChI is InChI=1S/C6H12O7.Cu/c7-1-2(8)3(9)4(10)5(11)6(12)13;/h2-5,7-11H,1H2,(H,12,13);/q;+2/p-1/t2-,3-,4+,5-;/m1./s1. The van der Waals surface area contributed by atoms with Crippen LogP contribution in [0.2, 0.25) is 0 Å². The Hall–Kier alpha value is -0.211. The fraction of sp³-hybridized carbons (Fsp3) is 0.833. The predicted octanol–water partition coefficient (Wildman–Crippen LogP) is -4.83. The first-order chi connectivity index (χ1) is 5.91. The maximum absolute atomic E-state index is 9.98. The largest absolute Gasteiger partial charge is 2.00 e. The molecule has 7 nitrogen and oxygen atoms in total. The Labute approximate surface area is 90.1 Å². The molecular formula is C6H11CuO7+. The number of carbonyl (C=O) groups is 1. The van der Waals surface area contributed by atoms with Gasteiger partial charge in [-0.05, 0) is 0 Å². The van der Waals surface area contributed by atoms with Gasteiger partial charge < -0.3 is 35.4 Å². The molecule has 0 fully saturated rings. The van der Waals surface area contributed by atoms with E-state index in [1.165, 1.54) is 0 Å². The molecule has 8 heteroatoms. The number of rotatable bonds is 5. The van der Waals surface area contributed by atoms with E-state index < -0.39 is 37.0 Å². The quantitative estimate of drug-likeness (QED) is 0.312. The minimum atomic E-state index is -2.31. The third kappa shape index (κ3) is 4.34. The minimum Gasteiger partial charge on any atom is -0.547 e. The number of hydrogen-bond acceptors (Lipinski definition) is 7. The number of carboxylic acids is 1. The molecule has 0 aliphatic carbocycles. The average molecular weight is 259 g/mol. The van der Waals surface area contributed by atoms with Gasteiger partial charge in [0.1, 0.15) is 24.4 Å². The normalized spacial score (nSPS) is 18.9. The third-order valence-corrected chi connectivity index (χ3v) is 1.50. The van der Waals surface area contributed by atoms with Gasteiger partial charge in [-0.1, -0.05) is 0 Å². The molecule has 14 heavy (non-hydrogen) atoms. The average Bonchev–Trinajstić information content (AvgIpc) is 2.12. The van der Waals surface area contributed by atoms with Gasteiger partial charge in [-0.3, -0.25) is 0 Å². The Morgan fingerprint density at radius 3 is 1.86 bits per heavy atom. The van der Waals surface area contributed by atoms with Crippen molar-refractivity contribution in [3.8, 4) is 0 Å². The van der Waals surface area contributed by atoms with Crippen molar-refractivity contribution in [2.45, 2.75) is 24.4 Å². The molecule has 0 aromatic heterocycles. The van der Waals surface area contributed by atoms with Gasteiger partial charge in [0.2, 0.25) is 0 Å². The van der Waals surface area contributed by atoms with E-state index in [9.17, 15) is 9.90 Å². The molecule has 1 radical (unpaired) electrons. The summed E-state index contributed by atoms with van der Waals surface area (Å²) < 4.78 is 0. The summed E-state index contributed by atoms with van der Waals surface area (Å²) in [6.07, 6.45) is -8.08. The molecular weight excluding hydrogens is 248 g/mol. The molecule has 0 saturated heterocycles. The van der Waals surface area contributed by atoms with Gasteiger partial charge in [0.05, 0.1) is 12.6 Å².